The van der Waals surface area contributed by atoms with Gasteiger partial charge in [-0.05, 0) is 38.5 Å². The maximum atomic E-state index is 12.1. The van der Waals surface area contributed by atoms with Crippen molar-refractivity contribution in [3.05, 3.63) is 35.4 Å². The summed E-state index contributed by atoms with van der Waals surface area (Å²) in [6, 6.07) is 9.37. The normalized spacial score (nSPS) is 22.0. The van der Waals surface area contributed by atoms with Crippen LogP contribution in [0.3, 0.4) is 0 Å². The molecule has 5 heteroatoms. The van der Waals surface area contributed by atoms with E-state index >= 15 is 0 Å². The summed E-state index contributed by atoms with van der Waals surface area (Å²) in [6.07, 6.45) is -0.336. The number of hydrogen-bond acceptors (Lipinski definition) is 4. The van der Waals surface area contributed by atoms with Crippen molar-refractivity contribution in [2.75, 3.05) is 13.1 Å². The van der Waals surface area contributed by atoms with Crippen LogP contribution < -0.4 is 5.73 Å². The average Bonchev–Trinajstić information content (AvgIpc) is 2.79. The number of hydrogen-bond donors (Lipinski definition) is 1. The number of likely N-dealkylation sites (tertiary alicyclic amines) is 1. The summed E-state index contributed by atoms with van der Waals surface area (Å²) < 4.78 is 5.38. The molecule has 2 unspecified atom stereocenters. The molecule has 1 heterocycles. The van der Waals surface area contributed by atoms with Gasteiger partial charge in [-0.15, -0.1) is 0 Å². The van der Waals surface area contributed by atoms with E-state index in [9.17, 15) is 4.79 Å². The Labute approximate surface area is 125 Å². The minimum atomic E-state index is -0.514. The van der Waals surface area contributed by atoms with Crippen molar-refractivity contribution >= 4 is 6.09 Å². The van der Waals surface area contributed by atoms with Gasteiger partial charge in [-0.3, -0.25) is 0 Å². The van der Waals surface area contributed by atoms with E-state index < -0.39 is 5.60 Å². The molecule has 0 aromatic heterocycles. The van der Waals surface area contributed by atoms with Gasteiger partial charge in [0.2, 0.25) is 0 Å². The third kappa shape index (κ3) is 3.73. The first-order valence-corrected chi connectivity index (χ1v) is 7.04. The molecule has 21 heavy (non-hydrogen) atoms. The molecule has 2 rings (SSSR count). The molecule has 1 aliphatic rings. The molecular formula is C16H21N3O2. The molecule has 0 spiro atoms. The maximum absolute atomic E-state index is 12.1. The highest BCUT2D eigenvalue weighted by Crippen LogP contribution is 2.28. The number of carbonyl (C=O) groups is 1. The Morgan fingerprint density at radius 3 is 2.76 bits per heavy atom. The van der Waals surface area contributed by atoms with Crippen LogP contribution in [-0.4, -0.2) is 35.7 Å². The standard InChI is InChI=1S/C16H21N3O2/c1-16(2,3)21-15(20)19-9-13(14(18)10-19)12-6-4-5-11(7-12)8-17/h4-7,13-14H,9-10,18H2,1-3H3. The Kier molecular flexibility index (Phi) is 4.19. The van der Waals surface area contributed by atoms with E-state index in [-0.39, 0.29) is 18.1 Å². The van der Waals surface area contributed by atoms with Gasteiger partial charge in [0.15, 0.2) is 0 Å². The van der Waals surface area contributed by atoms with Crippen LogP contribution in [0, 0.1) is 11.3 Å². The van der Waals surface area contributed by atoms with Crippen LogP contribution in [0.4, 0.5) is 4.79 Å². The Morgan fingerprint density at radius 2 is 2.14 bits per heavy atom. The number of carbonyl (C=O) groups excluding carboxylic acids is 1. The van der Waals surface area contributed by atoms with Gasteiger partial charge in [0.25, 0.3) is 0 Å². The highest BCUT2D eigenvalue weighted by molar-refractivity contribution is 5.69. The lowest BCUT2D eigenvalue weighted by Crippen LogP contribution is -2.36. The quantitative estimate of drug-likeness (QED) is 0.859. The van der Waals surface area contributed by atoms with Crippen molar-refractivity contribution in [3.63, 3.8) is 0 Å². The van der Waals surface area contributed by atoms with E-state index in [0.29, 0.717) is 18.7 Å². The summed E-state index contributed by atoms with van der Waals surface area (Å²) in [5.74, 6) is 0.0332. The molecule has 0 bridgehead atoms. The summed E-state index contributed by atoms with van der Waals surface area (Å²) in [6.45, 7) is 6.51. The van der Waals surface area contributed by atoms with Gasteiger partial charge >= 0.3 is 6.09 Å². The van der Waals surface area contributed by atoms with Gasteiger partial charge in [0, 0.05) is 25.0 Å². The Hall–Kier alpha value is -2.06. The summed E-state index contributed by atoms with van der Waals surface area (Å²) in [4.78, 5) is 13.7. The van der Waals surface area contributed by atoms with Crippen molar-refractivity contribution in [1.29, 1.82) is 5.26 Å². The van der Waals surface area contributed by atoms with Crippen LogP contribution in [0.15, 0.2) is 24.3 Å². The van der Waals surface area contributed by atoms with E-state index in [1.54, 1.807) is 11.0 Å². The fourth-order valence-electron chi connectivity index (χ4n) is 2.50. The van der Waals surface area contributed by atoms with Crippen LogP contribution >= 0.6 is 0 Å². The van der Waals surface area contributed by atoms with E-state index in [4.69, 9.17) is 15.7 Å². The van der Waals surface area contributed by atoms with Crippen LogP contribution in [-0.2, 0) is 4.74 Å². The fraction of sp³-hybridized carbons (Fsp3) is 0.500. The zero-order chi connectivity index (χ0) is 15.6. The van der Waals surface area contributed by atoms with Crippen molar-refractivity contribution in [2.45, 2.75) is 38.3 Å². The van der Waals surface area contributed by atoms with E-state index in [0.717, 1.165) is 5.56 Å². The first kappa shape index (κ1) is 15.3. The fourth-order valence-corrected chi connectivity index (χ4v) is 2.50. The first-order valence-electron chi connectivity index (χ1n) is 7.04. The lowest BCUT2D eigenvalue weighted by atomic mass is 9.94. The van der Waals surface area contributed by atoms with Crippen LogP contribution in [0.2, 0.25) is 0 Å². The molecule has 1 aliphatic heterocycles. The maximum Gasteiger partial charge on any atom is 0.410 e. The second-order valence-electron chi connectivity index (χ2n) is 6.39. The third-order valence-corrected chi connectivity index (χ3v) is 3.46. The van der Waals surface area contributed by atoms with Gasteiger partial charge in [-0.1, -0.05) is 12.1 Å². The zero-order valence-corrected chi connectivity index (χ0v) is 12.7. The van der Waals surface area contributed by atoms with Crippen molar-refractivity contribution in [1.82, 2.24) is 4.90 Å². The predicted molar refractivity (Wildman–Crippen MR) is 79.7 cm³/mol. The molecule has 1 amide bonds. The molecular weight excluding hydrogens is 266 g/mol. The zero-order valence-electron chi connectivity index (χ0n) is 12.7. The van der Waals surface area contributed by atoms with Crippen LogP contribution in [0.25, 0.3) is 0 Å². The topological polar surface area (TPSA) is 79.3 Å². The molecule has 112 valence electrons. The van der Waals surface area contributed by atoms with Crippen LogP contribution in [0.5, 0.6) is 0 Å². The van der Waals surface area contributed by atoms with Crippen molar-refractivity contribution in [2.24, 2.45) is 5.73 Å². The molecule has 2 atom stereocenters. The second kappa shape index (κ2) is 5.74. The van der Waals surface area contributed by atoms with Crippen LogP contribution in [0.1, 0.15) is 37.8 Å². The smallest absolute Gasteiger partial charge is 0.410 e. The SMILES string of the molecule is CC(C)(C)OC(=O)N1CC(N)C(c2cccc(C#N)c2)C1. The lowest BCUT2D eigenvalue weighted by Gasteiger charge is -2.24. The van der Waals surface area contributed by atoms with E-state index in [1.807, 2.05) is 39.0 Å². The number of benzene rings is 1. The Morgan fingerprint density at radius 1 is 1.43 bits per heavy atom. The first-order chi connectivity index (χ1) is 9.80. The molecule has 0 saturated carbocycles. The summed E-state index contributed by atoms with van der Waals surface area (Å²) in [5, 5.41) is 8.97. The molecule has 1 aromatic carbocycles. The highest BCUT2D eigenvalue weighted by Gasteiger charge is 2.36. The number of amides is 1. The monoisotopic (exact) mass is 287 g/mol. The van der Waals surface area contributed by atoms with Gasteiger partial charge in [0.05, 0.1) is 11.6 Å². The summed E-state index contributed by atoms with van der Waals surface area (Å²) in [5.41, 5.74) is 7.25. The minimum Gasteiger partial charge on any atom is -0.444 e. The molecule has 1 saturated heterocycles. The Balaban J connectivity index is 2.11. The second-order valence-corrected chi connectivity index (χ2v) is 6.39. The number of nitrogens with two attached hydrogens (primary N) is 1. The molecule has 5 nitrogen and oxygen atoms in total. The lowest BCUT2D eigenvalue weighted by molar-refractivity contribution is 0.0290. The van der Waals surface area contributed by atoms with Crippen molar-refractivity contribution in [3.8, 4) is 6.07 Å². The van der Waals surface area contributed by atoms with Gasteiger partial charge in [-0.2, -0.15) is 5.26 Å². The molecule has 1 fully saturated rings. The molecule has 0 aliphatic carbocycles. The third-order valence-electron chi connectivity index (χ3n) is 3.46. The van der Waals surface area contributed by atoms with Gasteiger partial charge in [-0.25, -0.2) is 4.79 Å². The minimum absolute atomic E-state index is 0.0332. The van der Waals surface area contributed by atoms with Gasteiger partial charge in [0.1, 0.15) is 5.60 Å². The number of nitriles is 1. The summed E-state index contributed by atoms with van der Waals surface area (Å²) in [7, 11) is 0. The number of nitrogens with zero attached hydrogens (tertiary/aromatic N) is 2. The summed E-state index contributed by atoms with van der Waals surface area (Å²) >= 11 is 0. The van der Waals surface area contributed by atoms with E-state index in [1.165, 1.54) is 0 Å². The largest absolute Gasteiger partial charge is 0.444 e. The predicted octanol–water partition coefficient (Wildman–Crippen LogP) is 2.22. The van der Waals surface area contributed by atoms with Gasteiger partial charge < -0.3 is 15.4 Å². The molecule has 2 N–H and O–H groups in total. The average molecular weight is 287 g/mol. The van der Waals surface area contributed by atoms with Crippen molar-refractivity contribution < 1.29 is 9.53 Å². The highest BCUT2D eigenvalue weighted by atomic mass is 16.6. The number of ether oxygens (including phenoxy) is 1. The molecule has 1 aromatic rings. The molecule has 0 radical (unpaired) electrons. The van der Waals surface area contributed by atoms with E-state index in [2.05, 4.69) is 6.07 Å². The number of rotatable bonds is 1. The Bertz CT molecular complexity index is 572.